The Kier molecular flexibility index (Phi) is 39.0. The lowest BCUT2D eigenvalue weighted by Gasteiger charge is -2.36. The van der Waals surface area contributed by atoms with Gasteiger partial charge in [-0.15, -0.1) is 0 Å². The van der Waals surface area contributed by atoms with Crippen LogP contribution in [0.1, 0.15) is 182 Å². The van der Waals surface area contributed by atoms with Crippen LogP contribution in [0.25, 0.3) is 0 Å². The molecule has 0 aromatic carbocycles. The van der Waals surface area contributed by atoms with Crippen molar-refractivity contribution in [1.29, 1.82) is 0 Å². The Morgan fingerprint density at radius 2 is 1.00 bits per heavy atom. The van der Waals surface area contributed by atoms with Crippen molar-refractivity contribution in [3.63, 3.8) is 0 Å². The van der Waals surface area contributed by atoms with E-state index in [1.807, 2.05) is 55.4 Å². The Balaban J connectivity index is 4.14. The van der Waals surface area contributed by atoms with Crippen LogP contribution in [-0.2, 0) is 76.6 Å². The summed E-state index contributed by atoms with van der Waals surface area (Å²) in [6.07, 6.45) is -0.995. The van der Waals surface area contributed by atoms with E-state index in [4.69, 9.17) is 9.47 Å². The molecule has 0 bridgehead atoms. The molecule has 29 nitrogen and oxygen atoms in total. The van der Waals surface area contributed by atoms with Gasteiger partial charge in [0.15, 0.2) is 0 Å². The van der Waals surface area contributed by atoms with Crippen molar-refractivity contribution < 1.29 is 76.6 Å². The van der Waals surface area contributed by atoms with Gasteiger partial charge in [-0.2, -0.15) is 0 Å². The van der Waals surface area contributed by atoms with Gasteiger partial charge in [0.1, 0.15) is 73.1 Å². The largest absolute Gasteiger partial charge is 0.458 e. The number of ether oxygens (including phenoxy) is 2. The minimum atomic E-state index is -1.73. The molecular formula is C69H123N13O16. The van der Waals surface area contributed by atoms with Crippen LogP contribution >= 0.6 is 0 Å². The number of esters is 1. The van der Waals surface area contributed by atoms with Gasteiger partial charge < -0.3 is 76.9 Å². The molecule has 13 amide bonds. The van der Waals surface area contributed by atoms with E-state index in [-0.39, 0.29) is 76.1 Å². The predicted molar refractivity (Wildman–Crippen MR) is 370 cm³/mol. The first kappa shape index (κ1) is 88.6. The predicted octanol–water partition coefficient (Wildman–Crippen LogP) is 1.92. The zero-order valence-electron chi connectivity index (χ0n) is 63.0. The fourth-order valence-electron chi connectivity index (χ4n) is 11.6. The van der Waals surface area contributed by atoms with Crippen LogP contribution in [0.15, 0.2) is 0 Å². The molecule has 5 unspecified atom stereocenters. The molecule has 29 heteroatoms. The first-order valence-corrected chi connectivity index (χ1v) is 35.0. The van der Waals surface area contributed by atoms with Crippen LogP contribution < -0.4 is 47.9 Å². The number of hydrogen-bond acceptors (Lipinski definition) is 16. The fraction of sp³-hybridized carbons (Fsp3) is 0.797. The van der Waals surface area contributed by atoms with E-state index in [0.717, 1.165) is 4.90 Å². The highest BCUT2D eigenvalue weighted by atomic mass is 16.5. The monoisotopic (exact) mass is 1390 g/mol. The van der Waals surface area contributed by atoms with Crippen molar-refractivity contribution >= 4 is 82.8 Å². The summed E-state index contributed by atoms with van der Waals surface area (Å²) in [5, 5.41) is 24.4. The molecule has 1 heterocycles. The molecule has 0 aliphatic carbocycles. The van der Waals surface area contributed by atoms with Crippen molar-refractivity contribution in [3.8, 4) is 0 Å². The van der Waals surface area contributed by atoms with E-state index in [9.17, 15) is 67.1 Å². The quantitative estimate of drug-likeness (QED) is 0.0742. The third-order valence-corrected chi connectivity index (χ3v) is 17.9. The van der Waals surface area contributed by atoms with Crippen molar-refractivity contribution in [2.24, 2.45) is 47.3 Å². The average molecular weight is 1390 g/mol. The number of nitrogens with zero attached hydrogens (tertiary/aromatic N) is 4. The van der Waals surface area contributed by atoms with Crippen LogP contribution in [0.4, 0.5) is 0 Å². The third-order valence-electron chi connectivity index (χ3n) is 17.9. The van der Waals surface area contributed by atoms with Crippen LogP contribution in [0.2, 0.25) is 0 Å². The average Bonchev–Trinajstić information content (AvgIpc) is 0.840. The highest BCUT2D eigenvalue weighted by Crippen LogP contribution is 2.23. The van der Waals surface area contributed by atoms with Crippen LogP contribution in [0.5, 0.6) is 0 Å². The standard InChI is InChI=1S/C69H123N13O16/c1-24-42(14)55-68(95)80(20)57(41(12)13)64(91)73-45(17)60(87)70-30-27-50(83)75-48(34-38(6)7)66(93)82(22)59(44(16)26-3)69(96)98-46(18)56(78-61(88)49(35-39(8)9)79(19)67(94)54(40(10)11)77-53(86)36-97-23)62(89)71-31-28-51(84)74-47(33-37(4)5)65(92)81(21)58(43(15)25-2)63(90)72-32-29-52(85)76-55/h37-49,54-59H,24-36H2,1-23H3,(H,70,87)(H,71,89)(H,72,90)(H,73,91)(H,74,84)(H,75,83)(H,76,85)(H,77,86)(H,78,88)/t42?,43?,44?,45-,46+,47+,48+,49-,54-,55+,56-,57?,58?,59+/m0/s1. The van der Waals surface area contributed by atoms with Crippen molar-refractivity contribution in [1.82, 2.24) is 67.5 Å². The van der Waals surface area contributed by atoms with Crippen molar-refractivity contribution in [2.75, 3.05) is 61.5 Å². The number of amides is 13. The highest BCUT2D eigenvalue weighted by Gasteiger charge is 2.43. The lowest BCUT2D eigenvalue weighted by atomic mass is 9.95. The summed E-state index contributed by atoms with van der Waals surface area (Å²) >= 11 is 0. The second-order valence-electron chi connectivity index (χ2n) is 28.4. The van der Waals surface area contributed by atoms with Crippen molar-refractivity contribution in [2.45, 2.75) is 249 Å². The summed E-state index contributed by atoms with van der Waals surface area (Å²) in [6.45, 7) is 30.2. The SMILES string of the molecule is CCC(C)C1C(=O)NCCC(=O)N[C@H](C(C)CC)C(=O)N(C)C(C(C)C)C(=O)N[C@@H](C)C(=O)NCCC(=O)N[C@H](CC(C)C)C(=O)N(C)[C@H](C(C)CC)C(=O)O[C@H](C)[C@H](NC(=O)[C@H](CC(C)C)N(C)C(=O)[C@@H](NC(=O)COC)C(C)C)C(=O)NCCC(=O)N[C@H](CC(C)C)C(=O)N1C. The molecule has 1 aliphatic rings. The van der Waals surface area contributed by atoms with Gasteiger partial charge in [-0.25, -0.2) is 4.79 Å². The summed E-state index contributed by atoms with van der Waals surface area (Å²) < 4.78 is 11.1. The van der Waals surface area contributed by atoms with Gasteiger partial charge in [0.05, 0.1) is 0 Å². The number of carbonyl (C=O) groups is 14. The lowest BCUT2D eigenvalue weighted by Crippen LogP contribution is -2.61. The number of likely N-dealkylation sites (N-methyl/N-ethyl adjacent to an activating group) is 4. The van der Waals surface area contributed by atoms with Gasteiger partial charge in [-0.1, -0.05) is 130 Å². The van der Waals surface area contributed by atoms with Crippen LogP contribution in [-0.4, -0.2) is 230 Å². The summed E-state index contributed by atoms with van der Waals surface area (Å²) in [4.78, 5) is 203. The van der Waals surface area contributed by atoms with Crippen molar-refractivity contribution in [3.05, 3.63) is 0 Å². The van der Waals surface area contributed by atoms with E-state index >= 15 is 0 Å². The van der Waals surface area contributed by atoms with E-state index in [1.165, 1.54) is 63.8 Å². The van der Waals surface area contributed by atoms with E-state index in [0.29, 0.717) is 19.3 Å². The summed E-state index contributed by atoms with van der Waals surface area (Å²) in [5.74, 6) is -12.5. The molecule has 9 N–H and O–H groups in total. The number of nitrogens with one attached hydrogen (secondary N) is 9. The molecule has 0 aromatic rings. The zero-order valence-corrected chi connectivity index (χ0v) is 63.0. The lowest BCUT2D eigenvalue weighted by molar-refractivity contribution is -0.163. The van der Waals surface area contributed by atoms with Gasteiger partial charge >= 0.3 is 5.97 Å². The molecule has 1 saturated heterocycles. The molecule has 0 saturated carbocycles. The molecule has 0 aromatic heterocycles. The summed E-state index contributed by atoms with van der Waals surface area (Å²) in [7, 11) is 6.96. The van der Waals surface area contributed by atoms with E-state index in [1.54, 1.807) is 55.4 Å². The third kappa shape index (κ3) is 28.0. The Hall–Kier alpha value is -7.46. The highest BCUT2D eigenvalue weighted by molar-refractivity contribution is 5.97. The number of cyclic esters (lactones) is 1. The maximum Gasteiger partial charge on any atom is 0.329 e. The second kappa shape index (κ2) is 43.2. The van der Waals surface area contributed by atoms with Crippen LogP contribution in [0.3, 0.4) is 0 Å². The molecule has 1 fully saturated rings. The molecule has 0 radical (unpaired) electrons. The van der Waals surface area contributed by atoms with Crippen LogP contribution in [0, 0.1) is 47.3 Å². The zero-order chi connectivity index (χ0) is 75.3. The number of methoxy groups -OCH3 is 1. The van der Waals surface area contributed by atoms with E-state index < -0.39 is 185 Å². The smallest absolute Gasteiger partial charge is 0.329 e. The summed E-state index contributed by atoms with van der Waals surface area (Å²) in [5.41, 5.74) is 0. The summed E-state index contributed by atoms with van der Waals surface area (Å²) in [6, 6.07) is -12.3. The van der Waals surface area contributed by atoms with E-state index in [2.05, 4.69) is 47.9 Å². The maximum atomic E-state index is 14.8. The first-order valence-electron chi connectivity index (χ1n) is 35.0. The minimum Gasteiger partial charge on any atom is -0.458 e. The number of rotatable bonds is 21. The molecule has 1 rings (SSSR count). The second-order valence-corrected chi connectivity index (χ2v) is 28.4. The molecule has 1 aliphatic heterocycles. The maximum absolute atomic E-state index is 14.8. The van der Waals surface area contributed by atoms with Gasteiger partial charge in [-0.05, 0) is 80.5 Å². The minimum absolute atomic E-state index is 0.0607. The van der Waals surface area contributed by atoms with Gasteiger partial charge in [-0.3, -0.25) is 62.3 Å². The topological polar surface area (TPSA) is 379 Å². The first-order chi connectivity index (χ1) is 45.6. The normalized spacial score (nSPS) is 24.8. The molecule has 0 spiro atoms. The molecule has 14 atom stereocenters. The molecule has 98 heavy (non-hydrogen) atoms. The van der Waals surface area contributed by atoms with Gasteiger partial charge in [0.2, 0.25) is 76.8 Å². The Morgan fingerprint density at radius 1 is 0.561 bits per heavy atom. The number of carbonyl (C=O) groups excluding carboxylic acids is 14. The van der Waals surface area contributed by atoms with Gasteiger partial charge in [0, 0.05) is 74.2 Å². The Labute approximate surface area is 582 Å². The number of hydrogen-bond donors (Lipinski definition) is 9. The Morgan fingerprint density at radius 3 is 1.44 bits per heavy atom. The molecule has 560 valence electrons. The fourth-order valence-corrected chi connectivity index (χ4v) is 11.6. The Bertz CT molecular complexity index is 2690. The molecular weight excluding hydrogens is 1270 g/mol. The van der Waals surface area contributed by atoms with Gasteiger partial charge in [0.25, 0.3) is 0 Å².